The van der Waals surface area contributed by atoms with Crippen molar-refractivity contribution in [3.8, 4) is 11.5 Å². The number of carbonyl (C=O) groups excluding carboxylic acids is 3. The van der Waals surface area contributed by atoms with Gasteiger partial charge in [0.15, 0.2) is 0 Å². The van der Waals surface area contributed by atoms with E-state index in [0.29, 0.717) is 18.8 Å². The summed E-state index contributed by atoms with van der Waals surface area (Å²) in [6.45, 7) is 4.78. The molecule has 0 unspecified atom stereocenters. The number of ether oxygens (including phenoxy) is 1. The molecule has 2 saturated heterocycles. The predicted octanol–water partition coefficient (Wildman–Crippen LogP) is 3.14. The molecule has 4 amide bonds. The molecule has 2 aliphatic rings. The smallest absolute Gasteiger partial charge is 0.334 e. The minimum atomic E-state index is -0.839. The van der Waals surface area contributed by atoms with Crippen LogP contribution in [0.5, 0.6) is 11.5 Å². The van der Waals surface area contributed by atoms with E-state index in [-0.39, 0.29) is 49.7 Å². The lowest BCUT2D eigenvalue weighted by Crippen LogP contribution is -2.76. The summed E-state index contributed by atoms with van der Waals surface area (Å²) in [5.74, 6) is 0.378. The average molecular weight is 570 g/mol. The number of nitrogens with one attached hydrogen (secondary N) is 1. The van der Waals surface area contributed by atoms with E-state index >= 15 is 0 Å². The molecule has 10 nitrogen and oxygen atoms in total. The molecule has 218 valence electrons. The Labute approximate surface area is 245 Å². The number of urea groups is 1. The highest BCUT2D eigenvalue weighted by atomic mass is 16.5. The lowest BCUT2D eigenvalue weighted by Gasteiger charge is -2.55. The first kappa shape index (κ1) is 28.7. The Morgan fingerprint density at radius 2 is 1.69 bits per heavy atom. The largest absolute Gasteiger partial charge is 0.508 e. The standard InChI is InChI=1S/C32H35N5O5/c1-3-17-35-22-30(39)36-28(18-23-9-13-26(38)14-10-23)31(40)34(20-25-11-15-27(42-2)16-12-25)21-29(36)37(35)32(41)33-19-24-7-5-4-6-8-24/h3-16,28-29,38H,1,17-22H2,2H3,(H,33,41)/t28-,29-/m0/s1. The number of hydrogen-bond acceptors (Lipinski definition) is 6. The quantitative estimate of drug-likeness (QED) is 0.384. The van der Waals surface area contributed by atoms with Crippen LogP contribution in [-0.4, -0.2) is 81.7 Å². The molecule has 0 radical (unpaired) electrons. The van der Waals surface area contributed by atoms with Crippen LogP contribution in [0.4, 0.5) is 4.79 Å². The second-order valence-corrected chi connectivity index (χ2v) is 10.4. The average Bonchev–Trinajstić information content (AvgIpc) is 3.00. The lowest BCUT2D eigenvalue weighted by molar-refractivity contribution is -0.189. The van der Waals surface area contributed by atoms with E-state index in [0.717, 1.165) is 16.7 Å². The normalized spacial score (nSPS) is 18.9. The van der Waals surface area contributed by atoms with Crippen LogP contribution >= 0.6 is 0 Å². The highest BCUT2D eigenvalue weighted by molar-refractivity contribution is 5.91. The summed E-state index contributed by atoms with van der Waals surface area (Å²) in [5, 5.41) is 16.0. The molecule has 0 bridgehead atoms. The van der Waals surface area contributed by atoms with Crippen molar-refractivity contribution >= 4 is 17.8 Å². The Morgan fingerprint density at radius 1 is 1.00 bits per heavy atom. The number of rotatable bonds is 9. The highest BCUT2D eigenvalue weighted by Gasteiger charge is 2.51. The molecule has 2 atom stereocenters. The monoisotopic (exact) mass is 569 g/mol. The summed E-state index contributed by atoms with van der Waals surface area (Å²) in [4.78, 5) is 44.7. The minimum absolute atomic E-state index is 0.0703. The highest BCUT2D eigenvalue weighted by Crippen LogP contribution is 2.30. The van der Waals surface area contributed by atoms with Gasteiger partial charge in [-0.15, -0.1) is 6.58 Å². The number of benzene rings is 3. The SMILES string of the molecule is C=CCN1CC(=O)N2[C@@H](Cc3ccc(O)cc3)C(=O)N(Cc3ccc(OC)cc3)C[C@@H]2N1C(=O)NCc1ccccc1. The van der Waals surface area contributed by atoms with Crippen LogP contribution in [-0.2, 0) is 29.1 Å². The fourth-order valence-electron chi connectivity index (χ4n) is 5.50. The van der Waals surface area contributed by atoms with E-state index in [2.05, 4.69) is 11.9 Å². The third-order valence-electron chi connectivity index (χ3n) is 7.56. The zero-order valence-corrected chi connectivity index (χ0v) is 23.6. The maximum atomic E-state index is 14.0. The number of nitrogens with zero attached hydrogens (tertiary/aromatic N) is 4. The van der Waals surface area contributed by atoms with Crippen LogP contribution in [0.1, 0.15) is 16.7 Å². The number of piperazine rings is 1. The van der Waals surface area contributed by atoms with Gasteiger partial charge in [0, 0.05) is 26.1 Å². The Kier molecular flexibility index (Phi) is 8.73. The van der Waals surface area contributed by atoms with E-state index in [4.69, 9.17) is 4.74 Å². The van der Waals surface area contributed by atoms with Gasteiger partial charge in [-0.3, -0.25) is 9.59 Å². The van der Waals surface area contributed by atoms with Gasteiger partial charge in [-0.2, -0.15) is 0 Å². The number of fused-ring (bicyclic) bond motifs is 1. The van der Waals surface area contributed by atoms with Crippen LogP contribution in [0.3, 0.4) is 0 Å². The van der Waals surface area contributed by atoms with E-state index in [1.54, 1.807) is 57.3 Å². The van der Waals surface area contributed by atoms with Gasteiger partial charge < -0.3 is 25.0 Å². The third kappa shape index (κ3) is 6.23. The summed E-state index contributed by atoms with van der Waals surface area (Å²) in [6, 6.07) is 22.4. The lowest BCUT2D eigenvalue weighted by atomic mass is 9.98. The summed E-state index contributed by atoms with van der Waals surface area (Å²) in [5.41, 5.74) is 2.62. The first-order valence-electron chi connectivity index (χ1n) is 13.9. The van der Waals surface area contributed by atoms with Gasteiger partial charge in [-0.1, -0.05) is 60.7 Å². The van der Waals surface area contributed by atoms with E-state index < -0.39 is 12.2 Å². The van der Waals surface area contributed by atoms with Crippen molar-refractivity contribution in [2.45, 2.75) is 31.7 Å². The van der Waals surface area contributed by atoms with Gasteiger partial charge in [0.2, 0.25) is 11.8 Å². The molecule has 3 aromatic rings. The molecule has 0 saturated carbocycles. The van der Waals surface area contributed by atoms with Crippen molar-refractivity contribution in [2.24, 2.45) is 0 Å². The fourth-order valence-corrected chi connectivity index (χ4v) is 5.50. The van der Waals surface area contributed by atoms with Gasteiger partial charge in [-0.25, -0.2) is 14.8 Å². The van der Waals surface area contributed by atoms with Crippen LogP contribution in [0, 0.1) is 0 Å². The molecule has 2 fully saturated rings. The summed E-state index contributed by atoms with van der Waals surface area (Å²) in [6.07, 6.45) is 1.15. The number of methoxy groups -OCH3 is 1. The molecule has 5 rings (SSSR count). The molecule has 0 aromatic heterocycles. The van der Waals surface area contributed by atoms with E-state index in [1.807, 2.05) is 54.6 Å². The van der Waals surface area contributed by atoms with Crippen molar-refractivity contribution in [1.29, 1.82) is 0 Å². The van der Waals surface area contributed by atoms with Gasteiger partial charge in [0.05, 0.1) is 20.2 Å². The Bertz CT molecular complexity index is 1410. The number of phenols is 1. The van der Waals surface area contributed by atoms with Gasteiger partial charge in [-0.05, 0) is 41.0 Å². The van der Waals surface area contributed by atoms with Crippen molar-refractivity contribution < 1.29 is 24.2 Å². The molecule has 2 heterocycles. The third-order valence-corrected chi connectivity index (χ3v) is 7.56. The molecule has 42 heavy (non-hydrogen) atoms. The second kappa shape index (κ2) is 12.8. The van der Waals surface area contributed by atoms with Crippen molar-refractivity contribution in [1.82, 2.24) is 25.1 Å². The first-order chi connectivity index (χ1) is 20.4. The zero-order chi connectivity index (χ0) is 29.6. The van der Waals surface area contributed by atoms with Crippen LogP contribution in [0.2, 0.25) is 0 Å². The Morgan fingerprint density at radius 3 is 2.36 bits per heavy atom. The first-order valence-corrected chi connectivity index (χ1v) is 13.9. The fraction of sp³-hybridized carbons (Fsp3) is 0.281. The van der Waals surface area contributed by atoms with Gasteiger partial charge in [0.1, 0.15) is 23.7 Å². The van der Waals surface area contributed by atoms with Crippen LogP contribution < -0.4 is 10.1 Å². The van der Waals surface area contributed by atoms with Crippen LogP contribution in [0.25, 0.3) is 0 Å². The molecule has 0 spiro atoms. The van der Waals surface area contributed by atoms with Crippen molar-refractivity contribution in [2.75, 3.05) is 26.7 Å². The molecule has 0 aliphatic carbocycles. The Hall–Kier alpha value is -4.83. The topological polar surface area (TPSA) is 106 Å². The summed E-state index contributed by atoms with van der Waals surface area (Å²) >= 11 is 0. The molecular weight excluding hydrogens is 534 g/mol. The predicted molar refractivity (Wildman–Crippen MR) is 157 cm³/mol. The number of phenolic OH excluding ortho intramolecular Hbond substituents is 1. The Balaban J connectivity index is 1.48. The minimum Gasteiger partial charge on any atom is -0.508 e. The van der Waals surface area contributed by atoms with Gasteiger partial charge in [0.25, 0.3) is 0 Å². The second-order valence-electron chi connectivity index (χ2n) is 10.4. The number of amides is 4. The molecule has 2 N–H and O–H groups in total. The van der Waals surface area contributed by atoms with Crippen molar-refractivity contribution in [3.63, 3.8) is 0 Å². The van der Waals surface area contributed by atoms with E-state index in [1.165, 1.54) is 0 Å². The van der Waals surface area contributed by atoms with Gasteiger partial charge >= 0.3 is 6.03 Å². The number of carbonyl (C=O) groups is 3. The van der Waals surface area contributed by atoms with Crippen LogP contribution in [0.15, 0.2) is 91.5 Å². The van der Waals surface area contributed by atoms with E-state index in [9.17, 15) is 19.5 Å². The summed E-state index contributed by atoms with van der Waals surface area (Å²) < 4.78 is 5.28. The number of hydrogen-bond donors (Lipinski definition) is 2. The molecule has 2 aliphatic heterocycles. The molecule has 3 aromatic carbocycles. The summed E-state index contributed by atoms with van der Waals surface area (Å²) in [7, 11) is 1.60. The maximum absolute atomic E-state index is 14.0. The number of aromatic hydroxyl groups is 1. The zero-order valence-electron chi connectivity index (χ0n) is 23.6. The molecular formula is C32H35N5O5. The number of hydrazine groups is 1. The van der Waals surface area contributed by atoms with Crippen molar-refractivity contribution in [3.05, 3.63) is 108 Å². The molecule has 10 heteroatoms. The maximum Gasteiger partial charge on any atom is 0.334 e.